The fourth-order valence-electron chi connectivity index (χ4n) is 2.97. The number of hydrogen-bond donors (Lipinski definition) is 1. The first-order chi connectivity index (χ1) is 10.6. The first kappa shape index (κ1) is 16.9. The van der Waals surface area contributed by atoms with Gasteiger partial charge in [-0.3, -0.25) is 4.79 Å². The third-order valence-electron chi connectivity index (χ3n) is 4.46. The normalized spacial score (nSPS) is 16.4. The lowest BCUT2D eigenvalue weighted by Crippen LogP contribution is -2.37. The Bertz CT molecular complexity index is 488. The second-order valence-corrected chi connectivity index (χ2v) is 6.72. The number of hydrogen-bond acceptors (Lipinski definition) is 2. The van der Waals surface area contributed by atoms with E-state index in [0.29, 0.717) is 12.0 Å². The van der Waals surface area contributed by atoms with E-state index in [4.69, 9.17) is 4.74 Å². The SMILES string of the molecule is Cc1ccc(C(C)C)cc1OCC(=O)NC1CCCCCC1. The van der Waals surface area contributed by atoms with Gasteiger partial charge in [0.05, 0.1) is 0 Å². The first-order valence-electron chi connectivity index (χ1n) is 8.59. The molecule has 0 atom stereocenters. The highest BCUT2D eigenvalue weighted by atomic mass is 16.5. The first-order valence-corrected chi connectivity index (χ1v) is 8.59. The summed E-state index contributed by atoms with van der Waals surface area (Å²) in [5.74, 6) is 1.28. The summed E-state index contributed by atoms with van der Waals surface area (Å²) in [4.78, 5) is 12.1. The number of amides is 1. The number of benzene rings is 1. The Morgan fingerprint density at radius 2 is 1.91 bits per heavy atom. The standard InChI is InChI=1S/C19H29NO2/c1-14(2)16-11-10-15(3)18(12-16)22-13-19(21)20-17-8-6-4-5-7-9-17/h10-12,14,17H,4-9,13H2,1-3H3,(H,20,21). The van der Waals surface area contributed by atoms with E-state index in [2.05, 4.69) is 37.4 Å². The molecule has 3 nitrogen and oxygen atoms in total. The molecule has 22 heavy (non-hydrogen) atoms. The van der Waals surface area contributed by atoms with Gasteiger partial charge < -0.3 is 10.1 Å². The summed E-state index contributed by atoms with van der Waals surface area (Å²) in [6.45, 7) is 6.45. The van der Waals surface area contributed by atoms with Crippen molar-refractivity contribution in [2.75, 3.05) is 6.61 Å². The molecule has 0 heterocycles. The second kappa shape index (κ2) is 8.21. The van der Waals surface area contributed by atoms with E-state index >= 15 is 0 Å². The molecule has 1 N–H and O–H groups in total. The van der Waals surface area contributed by atoms with Gasteiger partial charge in [0.25, 0.3) is 5.91 Å². The molecule has 0 unspecified atom stereocenters. The van der Waals surface area contributed by atoms with Crippen molar-refractivity contribution in [3.8, 4) is 5.75 Å². The quantitative estimate of drug-likeness (QED) is 0.822. The third-order valence-corrected chi connectivity index (χ3v) is 4.46. The van der Waals surface area contributed by atoms with E-state index < -0.39 is 0 Å². The molecule has 3 heteroatoms. The van der Waals surface area contributed by atoms with Crippen LogP contribution in [0.4, 0.5) is 0 Å². The zero-order valence-electron chi connectivity index (χ0n) is 14.2. The highest BCUT2D eigenvalue weighted by molar-refractivity contribution is 5.77. The van der Waals surface area contributed by atoms with Gasteiger partial charge in [0, 0.05) is 6.04 Å². The van der Waals surface area contributed by atoms with Crippen LogP contribution >= 0.6 is 0 Å². The van der Waals surface area contributed by atoms with Gasteiger partial charge in [0.15, 0.2) is 6.61 Å². The van der Waals surface area contributed by atoms with Gasteiger partial charge in [-0.1, -0.05) is 51.7 Å². The zero-order valence-corrected chi connectivity index (χ0v) is 14.2. The maximum absolute atomic E-state index is 12.1. The fourth-order valence-corrected chi connectivity index (χ4v) is 2.97. The van der Waals surface area contributed by atoms with Crippen molar-refractivity contribution in [1.29, 1.82) is 0 Å². The maximum Gasteiger partial charge on any atom is 0.258 e. The lowest BCUT2D eigenvalue weighted by molar-refractivity contribution is -0.123. The maximum atomic E-state index is 12.1. The van der Waals surface area contributed by atoms with Crippen LogP contribution in [0.2, 0.25) is 0 Å². The molecule has 1 aromatic carbocycles. The van der Waals surface area contributed by atoms with Crippen molar-refractivity contribution in [3.63, 3.8) is 0 Å². The minimum Gasteiger partial charge on any atom is -0.483 e. The van der Waals surface area contributed by atoms with Crippen molar-refractivity contribution in [2.45, 2.75) is 71.3 Å². The Labute approximate surface area is 134 Å². The second-order valence-electron chi connectivity index (χ2n) is 6.72. The van der Waals surface area contributed by atoms with Crippen LogP contribution in [0.15, 0.2) is 18.2 Å². The molecular formula is C19H29NO2. The molecule has 0 saturated heterocycles. The Balaban J connectivity index is 1.86. The van der Waals surface area contributed by atoms with Crippen molar-refractivity contribution in [1.82, 2.24) is 5.32 Å². The van der Waals surface area contributed by atoms with Gasteiger partial charge in [0.2, 0.25) is 0 Å². The molecule has 122 valence electrons. The number of nitrogens with one attached hydrogen (secondary N) is 1. The molecule has 1 fully saturated rings. The van der Waals surface area contributed by atoms with E-state index in [1.807, 2.05) is 6.92 Å². The number of carbonyl (C=O) groups is 1. The summed E-state index contributed by atoms with van der Waals surface area (Å²) >= 11 is 0. The predicted molar refractivity (Wildman–Crippen MR) is 90.4 cm³/mol. The molecule has 0 radical (unpaired) electrons. The molecular weight excluding hydrogens is 274 g/mol. The van der Waals surface area contributed by atoms with Gasteiger partial charge in [-0.05, 0) is 42.9 Å². The van der Waals surface area contributed by atoms with Gasteiger partial charge >= 0.3 is 0 Å². The Hall–Kier alpha value is -1.51. The van der Waals surface area contributed by atoms with Crippen LogP contribution in [0.1, 0.15) is 69.4 Å². The van der Waals surface area contributed by atoms with Gasteiger partial charge in [0.1, 0.15) is 5.75 Å². The Kier molecular flexibility index (Phi) is 6.29. The molecule has 0 spiro atoms. The van der Waals surface area contributed by atoms with Crippen LogP contribution in [0, 0.1) is 6.92 Å². The molecule has 1 aliphatic carbocycles. The van der Waals surface area contributed by atoms with E-state index in [0.717, 1.165) is 24.2 Å². The van der Waals surface area contributed by atoms with Gasteiger partial charge in [-0.15, -0.1) is 0 Å². The van der Waals surface area contributed by atoms with E-state index in [1.54, 1.807) is 0 Å². The van der Waals surface area contributed by atoms with Gasteiger partial charge in [-0.2, -0.15) is 0 Å². The van der Waals surface area contributed by atoms with Gasteiger partial charge in [-0.25, -0.2) is 0 Å². The summed E-state index contributed by atoms with van der Waals surface area (Å²) in [5, 5.41) is 3.12. The molecule has 1 aromatic rings. The molecule has 0 aliphatic heterocycles. The lowest BCUT2D eigenvalue weighted by atomic mass is 10.0. The van der Waals surface area contributed by atoms with Crippen molar-refractivity contribution in [2.24, 2.45) is 0 Å². The summed E-state index contributed by atoms with van der Waals surface area (Å²) in [5.41, 5.74) is 2.32. The average Bonchev–Trinajstić information content (AvgIpc) is 2.74. The Morgan fingerprint density at radius 3 is 2.55 bits per heavy atom. The minimum absolute atomic E-state index is 0.00116. The number of ether oxygens (including phenoxy) is 1. The van der Waals surface area contributed by atoms with Crippen molar-refractivity contribution in [3.05, 3.63) is 29.3 Å². The van der Waals surface area contributed by atoms with E-state index in [-0.39, 0.29) is 12.5 Å². The summed E-state index contributed by atoms with van der Waals surface area (Å²) in [6, 6.07) is 6.58. The van der Waals surface area contributed by atoms with Crippen LogP contribution in [0.3, 0.4) is 0 Å². The van der Waals surface area contributed by atoms with E-state index in [9.17, 15) is 4.79 Å². The molecule has 1 saturated carbocycles. The summed E-state index contributed by atoms with van der Waals surface area (Å²) < 4.78 is 5.75. The van der Waals surface area contributed by atoms with Crippen LogP contribution in [0.25, 0.3) is 0 Å². The molecule has 0 bridgehead atoms. The largest absolute Gasteiger partial charge is 0.483 e. The number of carbonyl (C=O) groups excluding carboxylic acids is 1. The molecule has 2 rings (SSSR count). The van der Waals surface area contributed by atoms with Crippen molar-refractivity contribution < 1.29 is 9.53 Å². The zero-order chi connectivity index (χ0) is 15.9. The number of rotatable bonds is 5. The summed E-state index contributed by atoms with van der Waals surface area (Å²) in [7, 11) is 0. The van der Waals surface area contributed by atoms with Crippen LogP contribution < -0.4 is 10.1 Å². The lowest BCUT2D eigenvalue weighted by Gasteiger charge is -2.17. The van der Waals surface area contributed by atoms with Crippen LogP contribution in [-0.2, 0) is 4.79 Å². The molecule has 1 amide bonds. The van der Waals surface area contributed by atoms with Crippen LogP contribution in [-0.4, -0.2) is 18.6 Å². The molecule has 0 aromatic heterocycles. The topological polar surface area (TPSA) is 38.3 Å². The minimum atomic E-state index is 0.00116. The predicted octanol–water partition coefficient (Wildman–Crippen LogP) is 4.34. The molecule has 1 aliphatic rings. The smallest absolute Gasteiger partial charge is 0.258 e. The third kappa shape index (κ3) is 5.04. The van der Waals surface area contributed by atoms with Crippen molar-refractivity contribution >= 4 is 5.91 Å². The Morgan fingerprint density at radius 1 is 1.23 bits per heavy atom. The highest BCUT2D eigenvalue weighted by Gasteiger charge is 2.15. The number of aryl methyl sites for hydroxylation is 1. The fraction of sp³-hybridized carbons (Fsp3) is 0.632. The highest BCUT2D eigenvalue weighted by Crippen LogP contribution is 2.24. The van der Waals surface area contributed by atoms with Crippen LogP contribution in [0.5, 0.6) is 5.75 Å². The monoisotopic (exact) mass is 303 g/mol. The average molecular weight is 303 g/mol. The summed E-state index contributed by atoms with van der Waals surface area (Å²) in [6.07, 6.45) is 7.25. The van der Waals surface area contributed by atoms with E-state index in [1.165, 1.54) is 31.2 Å².